The summed E-state index contributed by atoms with van der Waals surface area (Å²) in [5, 5.41) is 4.32. The van der Waals surface area contributed by atoms with Gasteiger partial charge in [0.1, 0.15) is 17.8 Å². The standard InChI is InChI=1S/C27H28ClN5O5S/c1-18(2)39(36,37)32-12-10-31(11-13-32)23-16-30-33(21-8-5-7-20(28)15-21)27(35)26(23)38-24-14-19-6-3-4-9-22(19)25(24)29-17-34/h3-9,15-16,18,24-25H,10-14H2,1-2H3/t24?,25-/m1/s1. The van der Waals surface area contributed by atoms with E-state index in [9.17, 15) is 18.0 Å². The van der Waals surface area contributed by atoms with Gasteiger partial charge in [-0.05, 0) is 43.2 Å². The third-order valence-electron chi connectivity index (χ3n) is 7.11. The van der Waals surface area contributed by atoms with Gasteiger partial charge in [-0.3, -0.25) is 4.79 Å². The molecule has 1 unspecified atom stereocenters. The first-order valence-corrected chi connectivity index (χ1v) is 14.5. The second-order valence-corrected chi connectivity index (χ2v) is 12.7. The first kappa shape index (κ1) is 27.1. The minimum atomic E-state index is -3.40. The van der Waals surface area contributed by atoms with Crippen LogP contribution in [0.15, 0.2) is 64.5 Å². The fourth-order valence-electron chi connectivity index (χ4n) is 5.04. The van der Waals surface area contributed by atoms with Crippen molar-refractivity contribution in [3.63, 3.8) is 0 Å². The summed E-state index contributed by atoms with van der Waals surface area (Å²) in [6.45, 7) is 4.56. The predicted molar refractivity (Wildman–Crippen MR) is 148 cm³/mol. The van der Waals surface area contributed by atoms with Crippen molar-refractivity contribution in [2.75, 3.05) is 31.1 Å². The normalized spacial score (nSPS) is 19.5. The molecule has 2 atom stereocenters. The van der Waals surface area contributed by atoms with E-state index in [4.69, 9.17) is 16.3 Å². The SMILES string of the molecule is CC(C)S(=O)(=O)N1CCN(c2cnn(-c3cccc(Cl)c3)c(=O)c2OC2Cc3ccccc3[C@H]2N=C=O)CC1. The number of benzene rings is 2. The van der Waals surface area contributed by atoms with Gasteiger partial charge in [-0.25, -0.2) is 13.2 Å². The third-order valence-corrected chi connectivity index (χ3v) is 9.62. The number of sulfonamides is 1. The lowest BCUT2D eigenvalue weighted by Crippen LogP contribution is -2.50. The molecule has 1 aliphatic heterocycles. The van der Waals surface area contributed by atoms with E-state index in [-0.39, 0.29) is 18.8 Å². The lowest BCUT2D eigenvalue weighted by Gasteiger charge is -2.36. The van der Waals surface area contributed by atoms with Gasteiger partial charge >= 0.3 is 5.56 Å². The molecule has 2 heterocycles. The zero-order valence-corrected chi connectivity index (χ0v) is 23.1. The van der Waals surface area contributed by atoms with Gasteiger partial charge in [-0.2, -0.15) is 19.1 Å². The van der Waals surface area contributed by atoms with Gasteiger partial charge in [0.2, 0.25) is 21.9 Å². The molecule has 3 aromatic rings. The highest BCUT2D eigenvalue weighted by molar-refractivity contribution is 7.89. The number of anilines is 1. The van der Waals surface area contributed by atoms with Gasteiger partial charge < -0.3 is 9.64 Å². The van der Waals surface area contributed by atoms with Crippen molar-refractivity contribution in [2.24, 2.45) is 4.99 Å². The largest absolute Gasteiger partial charge is 0.480 e. The average Bonchev–Trinajstić information content (AvgIpc) is 3.27. The zero-order chi connectivity index (χ0) is 27.7. The van der Waals surface area contributed by atoms with Crippen LogP contribution in [0.25, 0.3) is 5.69 Å². The van der Waals surface area contributed by atoms with Gasteiger partial charge in [-0.1, -0.05) is 41.9 Å². The van der Waals surface area contributed by atoms with Gasteiger partial charge in [0.15, 0.2) is 0 Å². The minimum absolute atomic E-state index is 0.0500. The number of nitrogens with zero attached hydrogens (tertiary/aromatic N) is 5. The zero-order valence-electron chi connectivity index (χ0n) is 21.5. The topological polar surface area (TPSA) is 114 Å². The van der Waals surface area contributed by atoms with Gasteiger partial charge in [-0.15, -0.1) is 0 Å². The molecule has 0 spiro atoms. The molecule has 1 saturated heterocycles. The molecule has 5 rings (SSSR count). The van der Waals surface area contributed by atoms with E-state index in [0.29, 0.717) is 35.9 Å². The Kier molecular flexibility index (Phi) is 7.59. The maximum Gasteiger partial charge on any atom is 0.316 e. The van der Waals surface area contributed by atoms with Gasteiger partial charge in [0, 0.05) is 37.6 Å². The predicted octanol–water partition coefficient (Wildman–Crippen LogP) is 3.13. The molecule has 0 radical (unpaired) electrons. The Labute approximate surface area is 231 Å². The summed E-state index contributed by atoms with van der Waals surface area (Å²) in [5.41, 5.74) is 2.24. The Bertz CT molecular complexity index is 1590. The first-order valence-electron chi connectivity index (χ1n) is 12.6. The van der Waals surface area contributed by atoms with Crippen LogP contribution in [0.3, 0.4) is 0 Å². The number of isocyanates is 1. The molecule has 1 aliphatic carbocycles. The summed E-state index contributed by atoms with van der Waals surface area (Å²) in [6.07, 6.45) is 3.02. The Balaban J connectivity index is 1.53. The molecule has 1 fully saturated rings. The molecule has 2 aliphatic rings. The molecule has 0 bridgehead atoms. The van der Waals surface area contributed by atoms with Crippen LogP contribution in [-0.2, 0) is 21.2 Å². The van der Waals surface area contributed by atoms with Crippen LogP contribution in [-0.4, -0.2) is 66.1 Å². The highest BCUT2D eigenvalue weighted by atomic mass is 35.5. The molecule has 0 saturated carbocycles. The number of hydrogen-bond donors (Lipinski definition) is 0. The molecule has 12 heteroatoms. The van der Waals surface area contributed by atoms with Gasteiger partial charge in [0.05, 0.1) is 17.1 Å². The number of rotatable bonds is 7. The van der Waals surface area contributed by atoms with E-state index < -0.39 is 33.0 Å². The summed E-state index contributed by atoms with van der Waals surface area (Å²) in [5.74, 6) is 0.0500. The number of carbonyl (C=O) groups excluding carboxylic acids is 1. The Morgan fingerprint density at radius 1 is 1.10 bits per heavy atom. The Morgan fingerprint density at radius 3 is 2.54 bits per heavy atom. The summed E-state index contributed by atoms with van der Waals surface area (Å²) in [7, 11) is -3.40. The third kappa shape index (κ3) is 5.23. The van der Waals surface area contributed by atoms with Gasteiger partial charge in [0.25, 0.3) is 0 Å². The van der Waals surface area contributed by atoms with E-state index >= 15 is 0 Å². The number of aliphatic imine (C=N–C) groups is 1. The van der Waals surface area contributed by atoms with Crippen LogP contribution in [0, 0.1) is 0 Å². The number of aromatic nitrogens is 2. The molecule has 1 aromatic heterocycles. The smallest absolute Gasteiger partial charge is 0.316 e. The van der Waals surface area contributed by atoms with E-state index in [2.05, 4.69) is 10.1 Å². The van der Waals surface area contributed by atoms with Crippen molar-refractivity contribution in [1.29, 1.82) is 0 Å². The summed E-state index contributed by atoms with van der Waals surface area (Å²) in [4.78, 5) is 31.1. The first-order chi connectivity index (χ1) is 18.7. The molecular weight excluding hydrogens is 542 g/mol. The maximum absolute atomic E-state index is 13.9. The quantitative estimate of drug-likeness (QED) is 0.317. The van der Waals surface area contributed by atoms with Crippen molar-refractivity contribution in [3.8, 4) is 11.4 Å². The summed E-state index contributed by atoms with van der Waals surface area (Å²) >= 11 is 6.17. The van der Waals surface area contributed by atoms with Crippen molar-refractivity contribution in [3.05, 3.63) is 81.2 Å². The lowest BCUT2D eigenvalue weighted by molar-refractivity contribution is 0.182. The Hall–Kier alpha value is -3.50. The molecule has 0 N–H and O–H groups in total. The molecule has 2 aromatic carbocycles. The fraction of sp³-hybridized carbons (Fsp3) is 0.370. The molecule has 10 nitrogen and oxygen atoms in total. The van der Waals surface area contributed by atoms with Crippen LogP contribution in [0.2, 0.25) is 5.02 Å². The maximum atomic E-state index is 13.9. The highest BCUT2D eigenvalue weighted by Gasteiger charge is 2.37. The molecule has 204 valence electrons. The highest BCUT2D eigenvalue weighted by Crippen LogP contribution is 2.38. The molecule has 0 amide bonds. The molecule has 39 heavy (non-hydrogen) atoms. The van der Waals surface area contributed by atoms with E-state index in [1.807, 2.05) is 29.2 Å². The van der Waals surface area contributed by atoms with Crippen LogP contribution in [0.5, 0.6) is 5.75 Å². The molecular formula is C27H28ClN5O5S. The number of fused-ring (bicyclic) bond motifs is 1. The van der Waals surface area contributed by atoms with Crippen molar-refractivity contribution in [1.82, 2.24) is 14.1 Å². The van der Waals surface area contributed by atoms with Crippen LogP contribution >= 0.6 is 11.6 Å². The van der Waals surface area contributed by atoms with Crippen LogP contribution in [0.1, 0.15) is 31.0 Å². The lowest BCUT2D eigenvalue weighted by atomic mass is 10.1. The van der Waals surface area contributed by atoms with Crippen molar-refractivity contribution >= 4 is 33.4 Å². The minimum Gasteiger partial charge on any atom is -0.480 e. The van der Waals surface area contributed by atoms with E-state index in [1.165, 1.54) is 8.99 Å². The fourth-order valence-corrected chi connectivity index (χ4v) is 6.50. The van der Waals surface area contributed by atoms with Crippen molar-refractivity contribution < 1.29 is 17.9 Å². The second-order valence-electron chi connectivity index (χ2n) is 9.76. The average molecular weight is 570 g/mol. The van der Waals surface area contributed by atoms with Crippen molar-refractivity contribution in [2.45, 2.75) is 37.7 Å². The van der Waals surface area contributed by atoms with Crippen LogP contribution < -0.4 is 15.2 Å². The number of halogens is 1. The van der Waals surface area contributed by atoms with E-state index in [0.717, 1.165) is 11.1 Å². The number of piperazine rings is 1. The summed E-state index contributed by atoms with van der Waals surface area (Å²) in [6, 6.07) is 13.7. The Morgan fingerprint density at radius 2 is 1.85 bits per heavy atom. The second kappa shape index (κ2) is 10.9. The number of hydrogen-bond acceptors (Lipinski definition) is 8. The van der Waals surface area contributed by atoms with E-state index in [1.54, 1.807) is 50.4 Å². The van der Waals surface area contributed by atoms with Crippen LogP contribution in [0.4, 0.5) is 5.69 Å². The summed E-state index contributed by atoms with van der Waals surface area (Å²) < 4.78 is 34.5. The monoisotopic (exact) mass is 569 g/mol. The number of ether oxygens (including phenoxy) is 1.